The lowest BCUT2D eigenvalue weighted by molar-refractivity contribution is -0.121. The first kappa shape index (κ1) is 18.9. The average molecular weight is 369 g/mol. The van der Waals surface area contributed by atoms with Gasteiger partial charge in [-0.15, -0.1) is 0 Å². The highest BCUT2D eigenvalue weighted by Crippen LogP contribution is 2.30. The topological polar surface area (TPSA) is 70.2 Å². The Morgan fingerprint density at radius 3 is 2.30 bits per heavy atom. The summed E-state index contributed by atoms with van der Waals surface area (Å²) in [6, 6.07) is 13.2. The van der Waals surface area contributed by atoms with Gasteiger partial charge in [-0.1, -0.05) is 12.1 Å². The van der Waals surface area contributed by atoms with Crippen LogP contribution in [0.3, 0.4) is 0 Å². The molecule has 1 saturated carbocycles. The molecule has 6 heteroatoms. The molecule has 0 radical (unpaired) electrons. The number of amides is 2. The van der Waals surface area contributed by atoms with Crippen molar-refractivity contribution >= 4 is 23.2 Å². The van der Waals surface area contributed by atoms with E-state index in [9.17, 15) is 14.0 Å². The van der Waals surface area contributed by atoms with E-state index in [1.807, 2.05) is 24.3 Å². The van der Waals surface area contributed by atoms with Gasteiger partial charge in [-0.05, 0) is 68.1 Å². The van der Waals surface area contributed by atoms with E-state index in [2.05, 4.69) is 16.0 Å². The van der Waals surface area contributed by atoms with E-state index >= 15 is 0 Å². The molecule has 0 bridgehead atoms. The van der Waals surface area contributed by atoms with Crippen molar-refractivity contribution in [2.75, 3.05) is 17.2 Å². The first-order valence-electron chi connectivity index (χ1n) is 9.21. The largest absolute Gasteiger partial charge is 0.374 e. The molecule has 3 N–H and O–H groups in total. The Kier molecular flexibility index (Phi) is 6.06. The van der Waals surface area contributed by atoms with Crippen LogP contribution in [0.15, 0.2) is 48.5 Å². The molecule has 2 aromatic carbocycles. The predicted molar refractivity (Wildman–Crippen MR) is 104 cm³/mol. The maximum absolute atomic E-state index is 12.9. The minimum atomic E-state index is -0.398. The third-order valence-corrected chi connectivity index (χ3v) is 4.50. The Morgan fingerprint density at radius 2 is 1.67 bits per heavy atom. The van der Waals surface area contributed by atoms with Gasteiger partial charge in [0.25, 0.3) is 0 Å². The van der Waals surface area contributed by atoms with Gasteiger partial charge >= 0.3 is 0 Å². The summed E-state index contributed by atoms with van der Waals surface area (Å²) in [5.74, 6) is -0.131. The van der Waals surface area contributed by atoms with Crippen LogP contribution in [0.2, 0.25) is 0 Å². The van der Waals surface area contributed by atoms with Crippen molar-refractivity contribution in [3.63, 3.8) is 0 Å². The van der Waals surface area contributed by atoms with Crippen LogP contribution in [0, 0.1) is 11.7 Å². The Hall–Kier alpha value is -2.89. The summed E-state index contributed by atoms with van der Waals surface area (Å²) in [7, 11) is 0. The molecule has 2 aromatic rings. The highest BCUT2D eigenvalue weighted by Gasteiger charge is 2.29. The van der Waals surface area contributed by atoms with Crippen LogP contribution in [0.4, 0.5) is 15.8 Å². The fraction of sp³-hybridized carbons (Fsp3) is 0.333. The van der Waals surface area contributed by atoms with Crippen LogP contribution in [0.5, 0.6) is 0 Å². The molecule has 1 aliphatic carbocycles. The SMILES string of the molecule is CC(Nc1ccc(NC(=O)C2CC2)cc1)C(=O)NCCc1ccc(F)cc1. The number of nitrogens with one attached hydrogen (secondary N) is 3. The van der Waals surface area contributed by atoms with E-state index in [1.54, 1.807) is 19.1 Å². The molecule has 1 atom stereocenters. The van der Waals surface area contributed by atoms with Gasteiger partial charge in [-0.2, -0.15) is 0 Å². The minimum absolute atomic E-state index is 0.0737. The molecule has 0 heterocycles. The monoisotopic (exact) mass is 369 g/mol. The van der Waals surface area contributed by atoms with Crippen molar-refractivity contribution in [3.8, 4) is 0 Å². The molecule has 2 amide bonds. The number of hydrogen-bond acceptors (Lipinski definition) is 3. The van der Waals surface area contributed by atoms with Gasteiger partial charge in [0.15, 0.2) is 0 Å². The number of benzene rings is 2. The zero-order chi connectivity index (χ0) is 19.2. The molecular weight excluding hydrogens is 345 g/mol. The number of anilines is 2. The van der Waals surface area contributed by atoms with Crippen LogP contribution >= 0.6 is 0 Å². The Bertz CT molecular complexity index is 786. The lowest BCUT2D eigenvalue weighted by Gasteiger charge is -2.16. The third-order valence-electron chi connectivity index (χ3n) is 4.50. The Morgan fingerprint density at radius 1 is 1.04 bits per heavy atom. The van der Waals surface area contributed by atoms with Crippen molar-refractivity contribution in [1.29, 1.82) is 0 Å². The number of rotatable bonds is 8. The third kappa shape index (κ3) is 5.81. The molecule has 1 aliphatic rings. The maximum Gasteiger partial charge on any atom is 0.242 e. The lowest BCUT2D eigenvalue weighted by atomic mass is 10.1. The number of carbonyl (C=O) groups is 2. The maximum atomic E-state index is 12.9. The zero-order valence-corrected chi connectivity index (χ0v) is 15.3. The molecule has 5 nitrogen and oxygen atoms in total. The number of halogens is 1. The van der Waals surface area contributed by atoms with Crippen LogP contribution in [-0.4, -0.2) is 24.4 Å². The van der Waals surface area contributed by atoms with Crippen LogP contribution in [-0.2, 0) is 16.0 Å². The van der Waals surface area contributed by atoms with Gasteiger partial charge in [0.2, 0.25) is 11.8 Å². The second kappa shape index (κ2) is 8.66. The molecule has 1 fully saturated rings. The van der Waals surface area contributed by atoms with Gasteiger partial charge < -0.3 is 16.0 Å². The van der Waals surface area contributed by atoms with Crippen LogP contribution in [0.25, 0.3) is 0 Å². The van der Waals surface area contributed by atoms with E-state index in [4.69, 9.17) is 0 Å². The van der Waals surface area contributed by atoms with Gasteiger partial charge in [0, 0.05) is 23.8 Å². The molecule has 3 rings (SSSR count). The van der Waals surface area contributed by atoms with E-state index in [0.29, 0.717) is 13.0 Å². The minimum Gasteiger partial charge on any atom is -0.374 e. The highest BCUT2D eigenvalue weighted by atomic mass is 19.1. The second-order valence-electron chi connectivity index (χ2n) is 6.87. The number of hydrogen-bond donors (Lipinski definition) is 3. The van der Waals surface area contributed by atoms with Crippen molar-refractivity contribution in [2.24, 2.45) is 5.92 Å². The number of carbonyl (C=O) groups excluding carboxylic acids is 2. The Balaban J connectivity index is 1.41. The average Bonchev–Trinajstić information content (AvgIpc) is 3.50. The molecule has 1 unspecified atom stereocenters. The van der Waals surface area contributed by atoms with Gasteiger partial charge in [-0.25, -0.2) is 4.39 Å². The highest BCUT2D eigenvalue weighted by molar-refractivity contribution is 5.94. The molecule has 0 spiro atoms. The summed E-state index contributed by atoms with van der Waals surface area (Å²) in [6.45, 7) is 2.28. The summed E-state index contributed by atoms with van der Waals surface area (Å²) in [4.78, 5) is 23.9. The molecular formula is C21H24FN3O2. The van der Waals surface area contributed by atoms with Gasteiger partial charge in [0.1, 0.15) is 11.9 Å². The van der Waals surface area contributed by atoms with Gasteiger partial charge in [-0.3, -0.25) is 9.59 Å². The standard InChI is InChI=1S/C21H24FN3O2/c1-14(20(26)23-13-12-15-2-6-17(22)7-3-15)24-18-8-10-19(11-9-18)25-21(27)16-4-5-16/h2-3,6-11,14,16,24H,4-5,12-13H2,1H3,(H,23,26)(H,25,27). The lowest BCUT2D eigenvalue weighted by Crippen LogP contribution is -2.38. The molecule has 142 valence electrons. The first-order chi connectivity index (χ1) is 13.0. The van der Waals surface area contributed by atoms with Crippen molar-refractivity contribution in [2.45, 2.75) is 32.2 Å². The fourth-order valence-corrected chi connectivity index (χ4v) is 2.69. The van der Waals surface area contributed by atoms with Crippen LogP contribution < -0.4 is 16.0 Å². The van der Waals surface area contributed by atoms with E-state index < -0.39 is 6.04 Å². The second-order valence-corrected chi connectivity index (χ2v) is 6.87. The summed E-state index contributed by atoms with van der Waals surface area (Å²) < 4.78 is 12.9. The molecule has 0 saturated heterocycles. The van der Waals surface area contributed by atoms with Crippen molar-refractivity contribution < 1.29 is 14.0 Å². The molecule has 0 aliphatic heterocycles. The van der Waals surface area contributed by atoms with E-state index in [1.165, 1.54) is 12.1 Å². The van der Waals surface area contributed by atoms with Gasteiger partial charge in [0.05, 0.1) is 0 Å². The molecule has 27 heavy (non-hydrogen) atoms. The smallest absolute Gasteiger partial charge is 0.242 e. The van der Waals surface area contributed by atoms with Crippen LogP contribution in [0.1, 0.15) is 25.3 Å². The Labute approximate surface area is 158 Å². The summed E-state index contributed by atoms with van der Waals surface area (Å²) in [6.07, 6.45) is 2.59. The van der Waals surface area contributed by atoms with Crippen molar-refractivity contribution in [3.05, 3.63) is 59.9 Å². The quantitative estimate of drug-likeness (QED) is 0.668. The zero-order valence-electron chi connectivity index (χ0n) is 15.3. The van der Waals surface area contributed by atoms with E-state index in [0.717, 1.165) is 29.8 Å². The first-order valence-corrected chi connectivity index (χ1v) is 9.21. The summed E-state index contributed by atoms with van der Waals surface area (Å²) in [5, 5.41) is 8.89. The fourth-order valence-electron chi connectivity index (χ4n) is 2.69. The molecule has 0 aromatic heterocycles. The summed E-state index contributed by atoms with van der Waals surface area (Å²) >= 11 is 0. The van der Waals surface area contributed by atoms with E-state index in [-0.39, 0.29) is 23.5 Å². The predicted octanol–water partition coefficient (Wildman–Crippen LogP) is 3.33. The normalized spacial score (nSPS) is 14.3. The van der Waals surface area contributed by atoms with Crippen molar-refractivity contribution in [1.82, 2.24) is 5.32 Å². The summed E-state index contributed by atoms with van der Waals surface area (Å²) in [5.41, 5.74) is 2.54.